The van der Waals surface area contributed by atoms with Crippen molar-refractivity contribution in [2.24, 2.45) is 0 Å². The van der Waals surface area contributed by atoms with Crippen LogP contribution in [0.2, 0.25) is 0 Å². The molecule has 3 rings (SSSR count). The molecule has 28 heavy (non-hydrogen) atoms. The lowest BCUT2D eigenvalue weighted by Crippen LogP contribution is -2.32. The molecule has 1 unspecified atom stereocenters. The van der Waals surface area contributed by atoms with Gasteiger partial charge in [-0.05, 0) is 55.2 Å². The number of nitrogens with zero attached hydrogens (tertiary/aromatic N) is 2. The van der Waals surface area contributed by atoms with Gasteiger partial charge in [0.05, 0.1) is 0 Å². The van der Waals surface area contributed by atoms with Crippen molar-refractivity contribution in [2.45, 2.75) is 36.7 Å². The van der Waals surface area contributed by atoms with Gasteiger partial charge in [0.2, 0.25) is 0 Å². The molecule has 1 heterocycles. The van der Waals surface area contributed by atoms with E-state index in [1.54, 1.807) is 18.2 Å². The van der Waals surface area contributed by atoms with E-state index in [1.165, 1.54) is 24.2 Å². The second-order valence-electron chi connectivity index (χ2n) is 6.44. The minimum Gasteiger partial charge on any atom is -0.350 e. The number of thioether (sulfide) groups is 1. The first kappa shape index (κ1) is 20.0. The summed E-state index contributed by atoms with van der Waals surface area (Å²) in [7, 11) is 0. The highest BCUT2D eigenvalue weighted by atomic mass is 32.2. The maximum atomic E-state index is 13.2. The number of aromatic nitrogens is 3. The molecule has 2 aromatic carbocycles. The van der Waals surface area contributed by atoms with E-state index < -0.39 is 11.6 Å². The highest BCUT2D eigenvalue weighted by Crippen LogP contribution is 2.18. The van der Waals surface area contributed by atoms with E-state index in [4.69, 9.17) is 0 Å². The Bertz CT molecular complexity index is 916. The predicted molar refractivity (Wildman–Crippen MR) is 104 cm³/mol. The highest BCUT2D eigenvalue weighted by molar-refractivity contribution is 7.98. The fourth-order valence-electron chi connectivity index (χ4n) is 2.63. The van der Waals surface area contributed by atoms with Crippen molar-refractivity contribution in [1.82, 2.24) is 20.5 Å². The van der Waals surface area contributed by atoms with Crippen LogP contribution in [0.25, 0.3) is 0 Å². The van der Waals surface area contributed by atoms with Crippen molar-refractivity contribution in [2.75, 3.05) is 0 Å². The van der Waals surface area contributed by atoms with Gasteiger partial charge in [-0.15, -0.1) is 0 Å². The van der Waals surface area contributed by atoms with Crippen molar-refractivity contribution < 1.29 is 13.6 Å². The Balaban J connectivity index is 1.47. The Morgan fingerprint density at radius 3 is 2.57 bits per heavy atom. The molecule has 0 aliphatic rings. The predicted octanol–water partition coefficient (Wildman–Crippen LogP) is 4.13. The molecule has 1 aromatic heterocycles. The summed E-state index contributed by atoms with van der Waals surface area (Å²) in [6.07, 6.45) is 2.64. The van der Waals surface area contributed by atoms with Crippen LogP contribution in [-0.4, -0.2) is 27.1 Å². The van der Waals surface area contributed by atoms with Gasteiger partial charge in [0.1, 0.15) is 6.33 Å². The summed E-state index contributed by atoms with van der Waals surface area (Å²) in [5.74, 6) is -1.14. The number of carbonyl (C=O) groups is 1. The number of carbonyl (C=O) groups excluding carboxylic acids is 1. The molecule has 8 heteroatoms. The molecule has 2 N–H and O–H groups in total. The van der Waals surface area contributed by atoms with Crippen LogP contribution in [0.15, 0.2) is 53.9 Å². The zero-order valence-electron chi connectivity index (χ0n) is 15.3. The van der Waals surface area contributed by atoms with Crippen LogP contribution in [0.4, 0.5) is 8.78 Å². The van der Waals surface area contributed by atoms with Crippen LogP contribution in [0, 0.1) is 11.6 Å². The molecule has 1 atom stereocenters. The van der Waals surface area contributed by atoms with Gasteiger partial charge in [0.15, 0.2) is 16.8 Å². The summed E-state index contributed by atoms with van der Waals surface area (Å²) in [6.45, 7) is 1.89. The van der Waals surface area contributed by atoms with Crippen LogP contribution in [-0.2, 0) is 12.2 Å². The third-order valence-corrected chi connectivity index (χ3v) is 5.16. The van der Waals surface area contributed by atoms with Gasteiger partial charge in [-0.2, -0.15) is 5.10 Å². The Labute approximate surface area is 166 Å². The average molecular weight is 402 g/mol. The van der Waals surface area contributed by atoms with Crippen LogP contribution >= 0.6 is 11.8 Å². The second kappa shape index (κ2) is 9.45. The van der Waals surface area contributed by atoms with Crippen LogP contribution in [0.1, 0.15) is 34.8 Å². The zero-order chi connectivity index (χ0) is 19.9. The van der Waals surface area contributed by atoms with Crippen LogP contribution < -0.4 is 5.32 Å². The van der Waals surface area contributed by atoms with Crippen molar-refractivity contribution >= 4 is 17.7 Å². The molecule has 0 bridgehead atoms. The summed E-state index contributed by atoms with van der Waals surface area (Å²) in [6, 6.07) is 11.2. The van der Waals surface area contributed by atoms with Crippen LogP contribution in [0.3, 0.4) is 0 Å². The molecular formula is C20H20F2N4OS. The van der Waals surface area contributed by atoms with E-state index in [9.17, 15) is 13.6 Å². The summed E-state index contributed by atoms with van der Waals surface area (Å²) in [4.78, 5) is 16.4. The Morgan fingerprint density at radius 1 is 1.14 bits per heavy atom. The number of benzene rings is 2. The molecular weight excluding hydrogens is 382 g/mol. The molecule has 1 amide bonds. The number of aryl methyl sites for hydroxylation is 1. The highest BCUT2D eigenvalue weighted by Gasteiger charge is 2.11. The number of halogens is 2. The normalized spacial score (nSPS) is 12.0. The second-order valence-corrected chi connectivity index (χ2v) is 7.40. The third-order valence-electron chi connectivity index (χ3n) is 4.21. The lowest BCUT2D eigenvalue weighted by atomic mass is 10.1. The molecule has 5 nitrogen and oxygen atoms in total. The molecule has 0 spiro atoms. The largest absolute Gasteiger partial charge is 0.350 e. The quantitative estimate of drug-likeness (QED) is 0.556. The molecule has 0 saturated heterocycles. The third kappa shape index (κ3) is 5.63. The SMILES string of the molecule is CC(CCc1ccc(F)c(F)c1)NC(=O)c1ccc(CSc2ncn[nH]2)cc1. The molecule has 146 valence electrons. The molecule has 0 radical (unpaired) electrons. The fourth-order valence-corrected chi connectivity index (χ4v) is 3.36. The molecule has 0 aliphatic carbocycles. The Morgan fingerprint density at radius 2 is 1.89 bits per heavy atom. The molecule has 0 saturated carbocycles. The number of aromatic amines is 1. The number of rotatable bonds is 8. The number of amides is 1. The summed E-state index contributed by atoms with van der Waals surface area (Å²) >= 11 is 1.53. The zero-order valence-corrected chi connectivity index (χ0v) is 16.1. The van der Waals surface area contributed by atoms with E-state index in [0.717, 1.165) is 22.5 Å². The number of nitrogens with one attached hydrogen (secondary N) is 2. The van der Waals surface area contributed by atoms with Gasteiger partial charge >= 0.3 is 0 Å². The maximum absolute atomic E-state index is 13.2. The first-order valence-corrected chi connectivity index (χ1v) is 9.81. The van der Waals surface area contributed by atoms with E-state index >= 15 is 0 Å². The fraction of sp³-hybridized carbons (Fsp3) is 0.250. The Kier molecular flexibility index (Phi) is 6.76. The summed E-state index contributed by atoms with van der Waals surface area (Å²) < 4.78 is 26.2. The van der Waals surface area contributed by atoms with E-state index in [1.807, 2.05) is 19.1 Å². The number of hydrogen-bond acceptors (Lipinski definition) is 4. The number of hydrogen-bond donors (Lipinski definition) is 2. The lowest BCUT2D eigenvalue weighted by Gasteiger charge is -2.14. The van der Waals surface area contributed by atoms with E-state index in [2.05, 4.69) is 20.5 Å². The standard InChI is InChI=1S/C20H20F2N4OS/c1-13(2-3-14-6-9-17(21)18(22)10-14)25-19(27)16-7-4-15(5-8-16)11-28-20-23-12-24-26-20/h4-10,12-13H,2-3,11H2,1H3,(H,25,27)(H,23,24,26). The van der Waals surface area contributed by atoms with E-state index in [-0.39, 0.29) is 11.9 Å². The van der Waals surface area contributed by atoms with E-state index in [0.29, 0.717) is 24.0 Å². The first-order valence-electron chi connectivity index (χ1n) is 8.83. The smallest absolute Gasteiger partial charge is 0.251 e. The van der Waals surface area contributed by atoms with Crippen molar-refractivity contribution in [3.05, 3.63) is 77.1 Å². The van der Waals surface area contributed by atoms with Crippen LogP contribution in [0.5, 0.6) is 0 Å². The van der Waals surface area contributed by atoms with Gasteiger partial charge in [-0.25, -0.2) is 13.8 Å². The van der Waals surface area contributed by atoms with Gasteiger partial charge in [-0.3, -0.25) is 9.89 Å². The van der Waals surface area contributed by atoms with Gasteiger partial charge in [0, 0.05) is 17.4 Å². The van der Waals surface area contributed by atoms with Crippen molar-refractivity contribution in [3.63, 3.8) is 0 Å². The molecule has 0 fully saturated rings. The van der Waals surface area contributed by atoms with Gasteiger partial charge in [-0.1, -0.05) is 30.0 Å². The summed E-state index contributed by atoms with van der Waals surface area (Å²) in [5, 5.41) is 10.3. The number of H-pyrrole nitrogens is 1. The Hall–Kier alpha value is -2.74. The van der Waals surface area contributed by atoms with Gasteiger partial charge < -0.3 is 5.32 Å². The monoisotopic (exact) mass is 402 g/mol. The first-order chi connectivity index (χ1) is 13.5. The molecule has 3 aromatic rings. The topological polar surface area (TPSA) is 70.7 Å². The maximum Gasteiger partial charge on any atom is 0.251 e. The summed E-state index contributed by atoms with van der Waals surface area (Å²) in [5.41, 5.74) is 2.35. The molecule has 0 aliphatic heterocycles. The minimum absolute atomic E-state index is 0.0951. The van der Waals surface area contributed by atoms with Crippen molar-refractivity contribution in [3.8, 4) is 0 Å². The average Bonchev–Trinajstić information content (AvgIpc) is 3.21. The lowest BCUT2D eigenvalue weighted by molar-refractivity contribution is 0.0938. The van der Waals surface area contributed by atoms with Crippen molar-refractivity contribution in [1.29, 1.82) is 0 Å². The minimum atomic E-state index is -0.854. The van der Waals surface area contributed by atoms with Gasteiger partial charge in [0.25, 0.3) is 5.91 Å².